The molecular weight excluding hydrogens is 273 g/mol. The van der Waals surface area contributed by atoms with Gasteiger partial charge >= 0.3 is 0 Å². The molecule has 0 aliphatic rings. The zero-order valence-electron chi connectivity index (χ0n) is 9.60. The highest BCUT2D eigenvalue weighted by atomic mass is 35.5. The third kappa shape index (κ3) is 3.35. The summed E-state index contributed by atoms with van der Waals surface area (Å²) in [5, 5.41) is 10.5. The number of hydrogen-bond donors (Lipinski definition) is 1. The van der Waals surface area contributed by atoms with Crippen LogP contribution in [-0.2, 0) is 0 Å². The summed E-state index contributed by atoms with van der Waals surface area (Å²) in [6.45, 7) is 1.68. The quantitative estimate of drug-likeness (QED) is 0.916. The lowest BCUT2D eigenvalue weighted by Gasteiger charge is -2.08. The molecule has 1 N–H and O–H groups in total. The molecule has 0 spiro atoms. The van der Waals surface area contributed by atoms with Crippen LogP contribution >= 0.6 is 23.2 Å². The number of pyridine rings is 1. The highest BCUT2D eigenvalue weighted by Gasteiger charge is 2.05. The summed E-state index contributed by atoms with van der Waals surface area (Å²) in [6, 6.07) is 8.30. The summed E-state index contributed by atoms with van der Waals surface area (Å²) in [5.74, 6) is 0.884. The molecule has 0 unspecified atom stereocenters. The van der Waals surface area contributed by atoms with Crippen LogP contribution < -0.4 is 4.74 Å². The molecular formula is C13H11Cl2NO2. The smallest absolute Gasteiger partial charge is 0.219 e. The van der Waals surface area contributed by atoms with Crippen LogP contribution in [0.25, 0.3) is 0 Å². The second-order valence-electron chi connectivity index (χ2n) is 3.81. The Morgan fingerprint density at radius 1 is 1.17 bits per heavy atom. The van der Waals surface area contributed by atoms with E-state index >= 15 is 0 Å². The molecule has 1 atom stereocenters. The van der Waals surface area contributed by atoms with Gasteiger partial charge in [-0.3, -0.25) is 0 Å². The van der Waals surface area contributed by atoms with Crippen molar-refractivity contribution >= 4 is 23.2 Å². The number of hydrogen-bond acceptors (Lipinski definition) is 3. The number of aliphatic hydroxyl groups excluding tert-OH is 1. The fraction of sp³-hybridized carbons (Fsp3) is 0.154. The van der Waals surface area contributed by atoms with E-state index in [1.54, 1.807) is 43.5 Å². The Morgan fingerprint density at radius 3 is 2.44 bits per heavy atom. The lowest BCUT2D eigenvalue weighted by atomic mass is 10.2. The molecule has 5 heteroatoms. The molecule has 2 aromatic rings. The standard InChI is InChI=1S/C13H11Cl2NO2/c1-8(17)9-2-3-16-13(4-9)18-12-6-10(14)5-11(15)7-12/h2-8,17H,1H3/t8-/m1/s1. The molecule has 94 valence electrons. The summed E-state index contributed by atoms with van der Waals surface area (Å²) in [7, 11) is 0. The van der Waals surface area contributed by atoms with Crippen LogP contribution in [0.2, 0.25) is 10.0 Å². The van der Waals surface area contributed by atoms with Crippen LogP contribution in [0.4, 0.5) is 0 Å². The Kier molecular flexibility index (Phi) is 4.07. The fourth-order valence-electron chi connectivity index (χ4n) is 1.45. The minimum atomic E-state index is -0.571. The van der Waals surface area contributed by atoms with Gasteiger partial charge in [-0.05, 0) is 36.8 Å². The largest absolute Gasteiger partial charge is 0.439 e. The number of aromatic nitrogens is 1. The van der Waals surface area contributed by atoms with Crippen molar-refractivity contribution in [1.29, 1.82) is 0 Å². The van der Waals surface area contributed by atoms with Crippen molar-refractivity contribution in [3.05, 3.63) is 52.1 Å². The van der Waals surface area contributed by atoms with Crippen LogP contribution in [0.3, 0.4) is 0 Å². The van der Waals surface area contributed by atoms with Gasteiger partial charge in [0.05, 0.1) is 6.10 Å². The number of rotatable bonds is 3. The van der Waals surface area contributed by atoms with E-state index in [1.165, 1.54) is 0 Å². The van der Waals surface area contributed by atoms with Crippen LogP contribution in [0, 0.1) is 0 Å². The predicted octanol–water partition coefficient (Wildman–Crippen LogP) is 4.23. The van der Waals surface area contributed by atoms with Gasteiger partial charge in [0.25, 0.3) is 0 Å². The van der Waals surface area contributed by atoms with Gasteiger partial charge < -0.3 is 9.84 Å². The Balaban J connectivity index is 2.25. The highest BCUT2D eigenvalue weighted by molar-refractivity contribution is 6.34. The molecule has 0 radical (unpaired) electrons. The van der Waals surface area contributed by atoms with E-state index in [-0.39, 0.29) is 0 Å². The van der Waals surface area contributed by atoms with Crippen molar-refractivity contribution in [3.63, 3.8) is 0 Å². The van der Waals surface area contributed by atoms with Gasteiger partial charge in [-0.15, -0.1) is 0 Å². The minimum Gasteiger partial charge on any atom is -0.439 e. The summed E-state index contributed by atoms with van der Waals surface area (Å²) in [4.78, 5) is 4.06. The molecule has 0 saturated heterocycles. The lowest BCUT2D eigenvalue weighted by Crippen LogP contribution is -1.94. The van der Waals surface area contributed by atoms with Gasteiger partial charge in [-0.2, -0.15) is 0 Å². The summed E-state index contributed by atoms with van der Waals surface area (Å²) < 4.78 is 5.54. The summed E-state index contributed by atoms with van der Waals surface area (Å²) in [5.41, 5.74) is 0.730. The molecule has 0 aliphatic heterocycles. The first-order chi connectivity index (χ1) is 8.54. The van der Waals surface area contributed by atoms with Crippen molar-refractivity contribution in [2.45, 2.75) is 13.0 Å². The normalized spacial score (nSPS) is 12.2. The average molecular weight is 284 g/mol. The minimum absolute atomic E-state index is 0.381. The van der Waals surface area contributed by atoms with E-state index in [9.17, 15) is 5.11 Å². The molecule has 3 nitrogen and oxygen atoms in total. The van der Waals surface area contributed by atoms with Gasteiger partial charge in [-0.25, -0.2) is 4.98 Å². The summed E-state index contributed by atoms with van der Waals surface area (Å²) in [6.07, 6.45) is 1.00. The first kappa shape index (κ1) is 13.1. The van der Waals surface area contributed by atoms with Gasteiger partial charge in [0, 0.05) is 22.3 Å². The van der Waals surface area contributed by atoms with Crippen molar-refractivity contribution in [1.82, 2.24) is 4.98 Å². The second kappa shape index (κ2) is 5.57. The zero-order valence-corrected chi connectivity index (χ0v) is 11.1. The first-order valence-corrected chi connectivity index (χ1v) is 6.08. The molecule has 0 amide bonds. The van der Waals surface area contributed by atoms with E-state index in [0.717, 1.165) is 5.56 Å². The van der Waals surface area contributed by atoms with E-state index < -0.39 is 6.10 Å². The number of ether oxygens (including phenoxy) is 1. The van der Waals surface area contributed by atoms with Gasteiger partial charge in [-0.1, -0.05) is 23.2 Å². The van der Waals surface area contributed by atoms with Gasteiger partial charge in [0.15, 0.2) is 0 Å². The van der Waals surface area contributed by atoms with Crippen LogP contribution in [-0.4, -0.2) is 10.1 Å². The van der Waals surface area contributed by atoms with Crippen molar-refractivity contribution in [2.75, 3.05) is 0 Å². The molecule has 0 fully saturated rings. The van der Waals surface area contributed by atoms with Crippen molar-refractivity contribution in [3.8, 4) is 11.6 Å². The lowest BCUT2D eigenvalue weighted by molar-refractivity contribution is 0.198. The molecule has 1 aromatic heterocycles. The van der Waals surface area contributed by atoms with Gasteiger partial charge in [0.2, 0.25) is 5.88 Å². The monoisotopic (exact) mass is 283 g/mol. The molecule has 0 bridgehead atoms. The number of halogens is 2. The maximum Gasteiger partial charge on any atom is 0.219 e. The Bertz CT molecular complexity index is 538. The molecule has 2 rings (SSSR count). The highest BCUT2D eigenvalue weighted by Crippen LogP contribution is 2.28. The number of benzene rings is 1. The first-order valence-electron chi connectivity index (χ1n) is 5.32. The molecule has 18 heavy (non-hydrogen) atoms. The van der Waals surface area contributed by atoms with E-state index in [1.807, 2.05) is 0 Å². The third-order valence-corrected chi connectivity index (χ3v) is 2.74. The molecule has 1 heterocycles. The Morgan fingerprint density at radius 2 is 1.83 bits per heavy atom. The Labute approximate surface area is 115 Å². The molecule has 0 saturated carbocycles. The zero-order chi connectivity index (χ0) is 13.1. The number of nitrogens with zero attached hydrogens (tertiary/aromatic N) is 1. The summed E-state index contributed by atoms with van der Waals surface area (Å²) >= 11 is 11.7. The topological polar surface area (TPSA) is 42.4 Å². The Hall–Kier alpha value is -1.29. The van der Waals surface area contributed by atoms with Crippen LogP contribution in [0.15, 0.2) is 36.5 Å². The molecule has 1 aromatic carbocycles. The van der Waals surface area contributed by atoms with Crippen LogP contribution in [0.5, 0.6) is 11.6 Å². The van der Waals surface area contributed by atoms with Crippen molar-refractivity contribution < 1.29 is 9.84 Å². The van der Waals surface area contributed by atoms with E-state index in [2.05, 4.69) is 4.98 Å². The van der Waals surface area contributed by atoms with Crippen molar-refractivity contribution in [2.24, 2.45) is 0 Å². The van der Waals surface area contributed by atoms with Crippen LogP contribution in [0.1, 0.15) is 18.6 Å². The van der Waals surface area contributed by atoms with E-state index in [0.29, 0.717) is 21.7 Å². The average Bonchev–Trinajstić information content (AvgIpc) is 2.27. The van der Waals surface area contributed by atoms with Gasteiger partial charge in [0.1, 0.15) is 5.75 Å². The third-order valence-electron chi connectivity index (χ3n) is 2.30. The van der Waals surface area contributed by atoms with E-state index in [4.69, 9.17) is 27.9 Å². The SMILES string of the molecule is C[C@@H](O)c1ccnc(Oc2cc(Cl)cc(Cl)c2)c1. The maximum absolute atomic E-state index is 9.48. The maximum atomic E-state index is 9.48. The fourth-order valence-corrected chi connectivity index (χ4v) is 1.95. The second-order valence-corrected chi connectivity index (χ2v) is 4.68. The number of aliphatic hydroxyl groups is 1. The predicted molar refractivity (Wildman–Crippen MR) is 71.4 cm³/mol. The molecule has 0 aliphatic carbocycles.